The van der Waals surface area contributed by atoms with Crippen molar-refractivity contribution in [3.8, 4) is 5.75 Å². The SMILES string of the molecule is C=C(/C=c1/c(NCc2cccc3c2OCC3(F)F)nnc(C)/c1=C/C)N1CCN(CC)CC1.CCC. The van der Waals surface area contributed by atoms with Gasteiger partial charge in [0.1, 0.15) is 5.75 Å². The molecule has 0 saturated carbocycles. The van der Waals surface area contributed by atoms with Crippen molar-refractivity contribution >= 4 is 18.0 Å². The van der Waals surface area contributed by atoms with Crippen LogP contribution in [0.1, 0.15) is 50.9 Å². The van der Waals surface area contributed by atoms with Crippen molar-refractivity contribution in [2.45, 2.75) is 53.5 Å². The summed E-state index contributed by atoms with van der Waals surface area (Å²) in [6.45, 7) is 19.2. The molecule has 0 radical (unpaired) electrons. The van der Waals surface area contributed by atoms with E-state index >= 15 is 0 Å². The zero-order valence-electron chi connectivity index (χ0n) is 22.2. The highest BCUT2D eigenvalue weighted by Gasteiger charge is 2.42. The Balaban J connectivity index is 0.00000115. The molecule has 1 fully saturated rings. The minimum Gasteiger partial charge on any atom is -0.486 e. The van der Waals surface area contributed by atoms with Crippen molar-refractivity contribution in [1.82, 2.24) is 20.0 Å². The fraction of sp³-hybridized carbons (Fsp3) is 0.500. The summed E-state index contributed by atoms with van der Waals surface area (Å²) in [5.74, 6) is -2.12. The molecular formula is C28H39F2N5O. The van der Waals surface area contributed by atoms with E-state index in [1.54, 1.807) is 12.1 Å². The Bertz CT molecular complexity index is 1170. The van der Waals surface area contributed by atoms with Gasteiger partial charge < -0.3 is 19.9 Å². The molecule has 1 aromatic heterocycles. The molecule has 196 valence electrons. The molecule has 6 nitrogen and oxygen atoms in total. The molecule has 0 unspecified atom stereocenters. The minimum absolute atomic E-state index is 0.0641. The first-order chi connectivity index (χ1) is 17.2. The standard InChI is InChI=1S/C25H31F2N5O.C3H8/c1-5-20-18(4)29-30-24(21(20)14-17(3)32-12-10-31(6-2)11-13-32)28-15-19-8-7-9-22-23(19)33-16-25(22,26)27;1-3-2/h5,7-9,14H,3,6,10-13,15-16H2,1-2,4H3,(H,28,30);3H2,1-2H3/b20-5-,21-14+;. The third kappa shape index (κ3) is 6.22. The second-order valence-corrected chi connectivity index (χ2v) is 9.15. The third-order valence-corrected chi connectivity index (χ3v) is 6.40. The molecule has 1 saturated heterocycles. The number of fused-ring (bicyclic) bond motifs is 1. The normalized spacial score (nSPS) is 17.8. The zero-order chi connectivity index (χ0) is 26.3. The summed E-state index contributed by atoms with van der Waals surface area (Å²) in [4.78, 5) is 4.70. The van der Waals surface area contributed by atoms with E-state index in [4.69, 9.17) is 4.74 Å². The highest BCUT2D eigenvalue weighted by Crippen LogP contribution is 2.43. The molecule has 3 heterocycles. The summed E-state index contributed by atoms with van der Waals surface area (Å²) in [5, 5.41) is 13.8. The molecule has 4 rings (SSSR count). The second-order valence-electron chi connectivity index (χ2n) is 9.15. The number of aromatic nitrogens is 2. The molecule has 1 N–H and O–H groups in total. The Kier molecular flexibility index (Phi) is 9.43. The lowest BCUT2D eigenvalue weighted by molar-refractivity contribution is -0.0214. The van der Waals surface area contributed by atoms with E-state index in [0.717, 1.165) is 54.6 Å². The van der Waals surface area contributed by atoms with E-state index in [2.05, 4.69) is 52.7 Å². The summed E-state index contributed by atoms with van der Waals surface area (Å²) < 4.78 is 33.4. The Labute approximate surface area is 213 Å². The van der Waals surface area contributed by atoms with Crippen molar-refractivity contribution < 1.29 is 13.5 Å². The van der Waals surface area contributed by atoms with Gasteiger partial charge in [0.25, 0.3) is 0 Å². The number of nitrogens with zero attached hydrogens (tertiary/aromatic N) is 4. The Hall–Kier alpha value is -3.00. The number of halogens is 2. The molecule has 8 heteroatoms. The molecule has 0 aliphatic carbocycles. The summed E-state index contributed by atoms with van der Waals surface area (Å²) in [6.07, 6.45) is 5.30. The second kappa shape index (κ2) is 12.3. The van der Waals surface area contributed by atoms with Gasteiger partial charge in [0, 0.05) is 54.4 Å². The average Bonchev–Trinajstić information content (AvgIpc) is 3.19. The van der Waals surface area contributed by atoms with E-state index in [0.29, 0.717) is 17.9 Å². The molecule has 1 aromatic carbocycles. The van der Waals surface area contributed by atoms with E-state index in [-0.39, 0.29) is 11.3 Å². The van der Waals surface area contributed by atoms with E-state index in [9.17, 15) is 8.78 Å². The molecule has 0 amide bonds. The maximum atomic E-state index is 14.1. The maximum Gasteiger partial charge on any atom is 0.310 e. The molecule has 0 bridgehead atoms. The highest BCUT2D eigenvalue weighted by atomic mass is 19.3. The minimum atomic E-state index is -2.96. The van der Waals surface area contributed by atoms with Crippen LogP contribution < -0.4 is 20.5 Å². The number of para-hydroxylation sites is 1. The first kappa shape index (κ1) is 27.6. The van der Waals surface area contributed by atoms with Crippen LogP contribution in [0.2, 0.25) is 0 Å². The number of likely N-dealkylation sites (N-methyl/N-ethyl adjacent to an activating group) is 1. The van der Waals surface area contributed by atoms with Crippen LogP contribution in [-0.2, 0) is 12.5 Å². The van der Waals surface area contributed by atoms with Gasteiger partial charge >= 0.3 is 5.92 Å². The maximum absolute atomic E-state index is 14.1. The summed E-state index contributed by atoms with van der Waals surface area (Å²) in [6, 6.07) is 4.84. The Morgan fingerprint density at radius 1 is 1.14 bits per heavy atom. The van der Waals surface area contributed by atoms with Crippen LogP contribution in [-0.4, -0.2) is 59.3 Å². The van der Waals surface area contributed by atoms with Crippen LogP contribution in [0, 0.1) is 6.92 Å². The van der Waals surface area contributed by atoms with E-state index < -0.39 is 12.5 Å². The fourth-order valence-electron chi connectivity index (χ4n) is 4.41. The predicted molar refractivity (Wildman–Crippen MR) is 143 cm³/mol. The quantitative estimate of drug-likeness (QED) is 0.648. The summed E-state index contributed by atoms with van der Waals surface area (Å²) in [5.41, 5.74) is 2.34. The van der Waals surface area contributed by atoms with Gasteiger partial charge in [-0.1, -0.05) is 52.0 Å². The Morgan fingerprint density at radius 2 is 1.83 bits per heavy atom. The van der Waals surface area contributed by atoms with Crippen molar-refractivity contribution in [2.75, 3.05) is 44.6 Å². The lowest BCUT2D eigenvalue weighted by Gasteiger charge is -2.35. The van der Waals surface area contributed by atoms with E-state index in [1.807, 2.05) is 26.0 Å². The number of alkyl halides is 2. The first-order valence-electron chi connectivity index (χ1n) is 12.8. The molecule has 2 aliphatic heterocycles. The predicted octanol–water partition coefficient (Wildman–Crippen LogP) is 4.03. The summed E-state index contributed by atoms with van der Waals surface area (Å²) in [7, 11) is 0. The molecule has 0 atom stereocenters. The van der Waals surface area contributed by atoms with Gasteiger partial charge in [0.05, 0.1) is 11.3 Å². The molecule has 36 heavy (non-hydrogen) atoms. The number of allylic oxidation sites excluding steroid dienone is 1. The monoisotopic (exact) mass is 499 g/mol. The largest absolute Gasteiger partial charge is 0.486 e. The molecule has 2 aromatic rings. The van der Waals surface area contributed by atoms with Crippen LogP contribution in [0.3, 0.4) is 0 Å². The number of hydrogen-bond acceptors (Lipinski definition) is 6. The van der Waals surface area contributed by atoms with Gasteiger partial charge in [0.2, 0.25) is 0 Å². The van der Waals surface area contributed by atoms with Crippen molar-refractivity contribution in [1.29, 1.82) is 0 Å². The van der Waals surface area contributed by atoms with Gasteiger partial charge in [-0.05, 0) is 32.5 Å². The number of aryl methyl sites for hydroxylation is 1. The molecule has 2 aliphatic rings. The third-order valence-electron chi connectivity index (χ3n) is 6.40. The number of piperazine rings is 1. The lowest BCUT2D eigenvalue weighted by atomic mass is 10.1. The number of rotatable bonds is 6. The molecular weight excluding hydrogens is 460 g/mol. The van der Waals surface area contributed by atoms with Crippen LogP contribution in [0.15, 0.2) is 30.5 Å². The Morgan fingerprint density at radius 3 is 2.47 bits per heavy atom. The highest BCUT2D eigenvalue weighted by molar-refractivity contribution is 5.55. The van der Waals surface area contributed by atoms with Crippen molar-refractivity contribution in [3.63, 3.8) is 0 Å². The van der Waals surface area contributed by atoms with Crippen LogP contribution in [0.5, 0.6) is 5.75 Å². The number of hydrogen-bond donors (Lipinski definition) is 1. The van der Waals surface area contributed by atoms with Crippen molar-refractivity contribution in [3.05, 3.63) is 57.7 Å². The van der Waals surface area contributed by atoms with Gasteiger partial charge in [-0.15, -0.1) is 5.10 Å². The smallest absolute Gasteiger partial charge is 0.310 e. The van der Waals surface area contributed by atoms with Gasteiger partial charge in [-0.3, -0.25) is 0 Å². The average molecular weight is 500 g/mol. The van der Waals surface area contributed by atoms with Crippen LogP contribution >= 0.6 is 0 Å². The zero-order valence-corrected chi connectivity index (χ0v) is 22.2. The number of ether oxygens (including phenoxy) is 1. The molecule has 0 spiro atoms. The van der Waals surface area contributed by atoms with Crippen LogP contribution in [0.25, 0.3) is 12.2 Å². The van der Waals surface area contributed by atoms with Gasteiger partial charge in [0.15, 0.2) is 12.4 Å². The van der Waals surface area contributed by atoms with Crippen LogP contribution in [0.4, 0.5) is 14.6 Å². The fourth-order valence-corrected chi connectivity index (χ4v) is 4.41. The topological polar surface area (TPSA) is 53.5 Å². The summed E-state index contributed by atoms with van der Waals surface area (Å²) >= 11 is 0. The lowest BCUT2D eigenvalue weighted by Crippen LogP contribution is -2.45. The van der Waals surface area contributed by atoms with Crippen molar-refractivity contribution in [2.24, 2.45) is 0 Å². The first-order valence-corrected chi connectivity index (χ1v) is 12.8. The van der Waals surface area contributed by atoms with Gasteiger partial charge in [-0.2, -0.15) is 13.9 Å². The van der Waals surface area contributed by atoms with E-state index in [1.165, 1.54) is 12.5 Å². The number of nitrogens with one attached hydrogen (secondary N) is 1. The number of benzene rings is 1. The van der Waals surface area contributed by atoms with Gasteiger partial charge in [-0.25, -0.2) is 0 Å². The number of anilines is 1.